The Hall–Kier alpha value is -4.44. The molecule has 0 spiro atoms. The number of hydrogen-bond donors (Lipinski definition) is 0. The molecule has 4 nitrogen and oxygen atoms in total. The van der Waals surface area contributed by atoms with Crippen molar-refractivity contribution in [2.75, 3.05) is 0 Å². The standard InChI is InChI=1S/C30H22N4.C2H6/c1-3-31-27-19(2)9-10-21-13-15-25(33-29(21)27)23-6-4-7-24(18-23)26-16-14-22-12-11-20-8-5-17-32-28(20)30(22)34-26;1-2/h3-18H,1-2H3;1-2H3. The molecular formula is C32H28N4. The molecule has 0 bridgehead atoms. The van der Waals surface area contributed by atoms with E-state index in [4.69, 9.17) is 9.97 Å². The molecule has 3 aromatic heterocycles. The maximum atomic E-state index is 5.01. The van der Waals surface area contributed by atoms with Crippen LogP contribution in [0.5, 0.6) is 0 Å². The topological polar surface area (TPSA) is 51.0 Å². The number of aryl methyl sites for hydroxylation is 1. The highest BCUT2D eigenvalue weighted by molar-refractivity contribution is 6.03. The molecule has 176 valence electrons. The van der Waals surface area contributed by atoms with Crippen LogP contribution in [-0.4, -0.2) is 21.2 Å². The Balaban J connectivity index is 0.00000130. The molecule has 0 saturated heterocycles. The lowest BCUT2D eigenvalue weighted by atomic mass is 10.0. The Morgan fingerprint density at radius 1 is 0.639 bits per heavy atom. The van der Waals surface area contributed by atoms with Crippen LogP contribution in [0.1, 0.15) is 26.3 Å². The van der Waals surface area contributed by atoms with E-state index in [0.717, 1.165) is 66.5 Å². The van der Waals surface area contributed by atoms with Gasteiger partial charge < -0.3 is 0 Å². The first kappa shape index (κ1) is 23.3. The largest absolute Gasteiger partial charge is 0.259 e. The third kappa shape index (κ3) is 4.22. The van der Waals surface area contributed by atoms with E-state index in [9.17, 15) is 0 Å². The minimum atomic E-state index is 0.917. The minimum Gasteiger partial charge on any atom is -0.259 e. The van der Waals surface area contributed by atoms with Crippen LogP contribution in [0.2, 0.25) is 0 Å². The zero-order valence-electron chi connectivity index (χ0n) is 21.0. The van der Waals surface area contributed by atoms with Gasteiger partial charge in [-0.2, -0.15) is 0 Å². The van der Waals surface area contributed by atoms with Gasteiger partial charge in [-0.25, -0.2) is 9.97 Å². The Kier molecular flexibility index (Phi) is 6.50. The zero-order chi connectivity index (χ0) is 25.1. The Morgan fingerprint density at radius 3 is 1.92 bits per heavy atom. The number of fused-ring (bicyclic) bond motifs is 4. The zero-order valence-corrected chi connectivity index (χ0v) is 21.0. The van der Waals surface area contributed by atoms with Crippen LogP contribution < -0.4 is 0 Å². The van der Waals surface area contributed by atoms with Crippen LogP contribution in [0.3, 0.4) is 0 Å². The van der Waals surface area contributed by atoms with Gasteiger partial charge in [0.05, 0.1) is 33.6 Å². The summed E-state index contributed by atoms with van der Waals surface area (Å²) in [5, 5.41) is 3.26. The first-order valence-corrected chi connectivity index (χ1v) is 12.4. The molecule has 0 aliphatic rings. The lowest BCUT2D eigenvalue weighted by Gasteiger charge is -2.10. The number of rotatable bonds is 3. The van der Waals surface area contributed by atoms with Crippen LogP contribution in [0.25, 0.3) is 55.2 Å². The van der Waals surface area contributed by atoms with Crippen LogP contribution >= 0.6 is 0 Å². The summed E-state index contributed by atoms with van der Waals surface area (Å²) in [7, 11) is 0. The van der Waals surface area contributed by atoms with E-state index in [2.05, 4.69) is 95.8 Å². The van der Waals surface area contributed by atoms with E-state index in [0.29, 0.717) is 0 Å². The van der Waals surface area contributed by atoms with Gasteiger partial charge in [0.15, 0.2) is 0 Å². The molecule has 0 N–H and O–H groups in total. The number of benzene rings is 3. The molecule has 0 aliphatic carbocycles. The number of hydrogen-bond acceptors (Lipinski definition) is 4. The van der Waals surface area contributed by atoms with E-state index < -0.39 is 0 Å². The van der Waals surface area contributed by atoms with E-state index in [1.165, 1.54) is 0 Å². The van der Waals surface area contributed by atoms with Gasteiger partial charge in [-0.05, 0) is 43.7 Å². The molecule has 0 amide bonds. The molecule has 0 radical (unpaired) electrons. The summed E-state index contributed by atoms with van der Waals surface area (Å²) < 4.78 is 0. The fourth-order valence-corrected chi connectivity index (χ4v) is 4.45. The quantitative estimate of drug-likeness (QED) is 0.193. The summed E-state index contributed by atoms with van der Waals surface area (Å²) in [4.78, 5) is 19.2. The molecule has 0 atom stereocenters. The van der Waals surface area contributed by atoms with Crippen molar-refractivity contribution in [1.82, 2.24) is 15.0 Å². The van der Waals surface area contributed by atoms with Gasteiger partial charge in [-0.3, -0.25) is 9.98 Å². The molecular weight excluding hydrogens is 440 g/mol. The second-order valence-electron chi connectivity index (χ2n) is 8.38. The van der Waals surface area contributed by atoms with Gasteiger partial charge in [0.25, 0.3) is 0 Å². The average Bonchev–Trinajstić information content (AvgIpc) is 2.95. The van der Waals surface area contributed by atoms with E-state index in [1.54, 1.807) is 0 Å². The lowest BCUT2D eigenvalue weighted by Crippen LogP contribution is -1.91. The third-order valence-corrected chi connectivity index (χ3v) is 6.18. The third-order valence-electron chi connectivity index (χ3n) is 6.18. The Labute approximate surface area is 211 Å². The number of aromatic nitrogens is 3. The SMILES string of the molecule is CC.CC=Nc1c(C)ccc2ccc(-c3cccc(-c4ccc5ccc6cccnc6c5n4)c3)nc12. The molecule has 36 heavy (non-hydrogen) atoms. The van der Waals surface area contributed by atoms with Crippen LogP contribution in [0.4, 0.5) is 5.69 Å². The molecule has 6 aromatic rings. The monoisotopic (exact) mass is 468 g/mol. The molecule has 0 aliphatic heterocycles. The van der Waals surface area contributed by atoms with Gasteiger partial charge in [-0.1, -0.05) is 74.5 Å². The molecule has 3 heterocycles. The van der Waals surface area contributed by atoms with Crippen molar-refractivity contribution in [2.24, 2.45) is 4.99 Å². The van der Waals surface area contributed by atoms with Crippen molar-refractivity contribution in [3.05, 3.63) is 96.7 Å². The summed E-state index contributed by atoms with van der Waals surface area (Å²) in [6, 6.07) is 29.2. The second kappa shape index (κ2) is 10.0. The smallest absolute Gasteiger partial charge is 0.0972 e. The number of aliphatic imine (C=N–C) groups is 1. The van der Waals surface area contributed by atoms with Crippen LogP contribution in [0, 0.1) is 6.92 Å². The summed E-state index contributed by atoms with van der Waals surface area (Å²) >= 11 is 0. The van der Waals surface area contributed by atoms with Crippen LogP contribution in [0.15, 0.2) is 96.1 Å². The first-order valence-electron chi connectivity index (χ1n) is 12.4. The predicted octanol–water partition coefficient (Wildman–Crippen LogP) is 8.72. The fraction of sp³-hybridized carbons (Fsp3) is 0.125. The van der Waals surface area contributed by atoms with E-state index in [-0.39, 0.29) is 0 Å². The summed E-state index contributed by atoms with van der Waals surface area (Å²) in [6.45, 7) is 8.00. The number of nitrogens with zero attached hydrogens (tertiary/aromatic N) is 4. The predicted molar refractivity (Wildman–Crippen MR) is 153 cm³/mol. The van der Waals surface area contributed by atoms with Crippen LogP contribution in [-0.2, 0) is 0 Å². The lowest BCUT2D eigenvalue weighted by molar-refractivity contribution is 1.35. The first-order chi connectivity index (χ1) is 17.7. The number of pyridine rings is 3. The van der Waals surface area contributed by atoms with Crippen molar-refractivity contribution >= 4 is 44.6 Å². The molecule has 3 aromatic carbocycles. The Bertz CT molecular complexity index is 1730. The van der Waals surface area contributed by atoms with E-state index in [1.807, 2.05) is 39.2 Å². The van der Waals surface area contributed by atoms with Crippen molar-refractivity contribution in [2.45, 2.75) is 27.7 Å². The molecule has 0 fully saturated rings. The van der Waals surface area contributed by atoms with E-state index >= 15 is 0 Å². The van der Waals surface area contributed by atoms with Gasteiger partial charge in [-0.15, -0.1) is 0 Å². The van der Waals surface area contributed by atoms with Crippen molar-refractivity contribution < 1.29 is 0 Å². The van der Waals surface area contributed by atoms with Crippen molar-refractivity contribution in [3.63, 3.8) is 0 Å². The Morgan fingerprint density at radius 2 is 1.22 bits per heavy atom. The summed E-state index contributed by atoms with van der Waals surface area (Å²) in [5.74, 6) is 0. The van der Waals surface area contributed by atoms with Gasteiger partial charge in [0.2, 0.25) is 0 Å². The fourth-order valence-electron chi connectivity index (χ4n) is 4.45. The maximum absolute atomic E-state index is 5.01. The molecule has 4 heteroatoms. The molecule has 0 unspecified atom stereocenters. The highest BCUT2D eigenvalue weighted by atomic mass is 14.8. The highest BCUT2D eigenvalue weighted by Gasteiger charge is 2.10. The van der Waals surface area contributed by atoms with Gasteiger partial charge in [0, 0.05) is 39.7 Å². The van der Waals surface area contributed by atoms with Gasteiger partial charge in [0.1, 0.15) is 0 Å². The normalized spacial score (nSPS) is 11.2. The summed E-state index contributed by atoms with van der Waals surface area (Å²) in [6.07, 6.45) is 3.64. The van der Waals surface area contributed by atoms with Crippen molar-refractivity contribution in [1.29, 1.82) is 0 Å². The molecule has 6 rings (SSSR count). The summed E-state index contributed by atoms with van der Waals surface area (Å²) in [5.41, 5.74) is 8.73. The highest BCUT2D eigenvalue weighted by Crippen LogP contribution is 2.32. The van der Waals surface area contributed by atoms with Crippen molar-refractivity contribution in [3.8, 4) is 22.5 Å². The van der Waals surface area contributed by atoms with Gasteiger partial charge >= 0.3 is 0 Å². The minimum absolute atomic E-state index is 0.917. The maximum Gasteiger partial charge on any atom is 0.0972 e. The second-order valence-corrected chi connectivity index (χ2v) is 8.38. The average molecular weight is 469 g/mol. The molecule has 0 saturated carbocycles.